The van der Waals surface area contributed by atoms with Gasteiger partial charge >= 0.3 is 0 Å². The molecule has 18 heavy (non-hydrogen) atoms. The van der Waals surface area contributed by atoms with Crippen molar-refractivity contribution in [2.45, 2.75) is 6.92 Å². The van der Waals surface area contributed by atoms with Crippen molar-refractivity contribution >= 4 is 11.9 Å². The van der Waals surface area contributed by atoms with Crippen LogP contribution in [0.15, 0.2) is 48.8 Å². The fraction of sp³-hybridized carbons (Fsp3) is 0.0667. The molecule has 0 fully saturated rings. The van der Waals surface area contributed by atoms with E-state index in [0.29, 0.717) is 5.56 Å². The summed E-state index contributed by atoms with van der Waals surface area (Å²) in [6, 6.07) is 11.7. The number of aryl methyl sites for hydroxylation is 1. The minimum atomic E-state index is 0.688. The Labute approximate surface area is 105 Å². The number of carbonyl (C=O) groups is 1. The minimum Gasteiger partial charge on any atom is -0.300 e. The fourth-order valence-electron chi connectivity index (χ4n) is 2.16. The molecule has 2 heterocycles. The number of rotatable bonds is 2. The van der Waals surface area contributed by atoms with Gasteiger partial charge in [0.25, 0.3) is 0 Å². The molecule has 2 aromatic heterocycles. The summed E-state index contributed by atoms with van der Waals surface area (Å²) in [5.74, 6) is 0. The Kier molecular flexibility index (Phi) is 2.45. The van der Waals surface area contributed by atoms with Gasteiger partial charge in [0.1, 0.15) is 11.9 Å². The van der Waals surface area contributed by atoms with Gasteiger partial charge in [-0.15, -0.1) is 0 Å². The highest BCUT2D eigenvalue weighted by molar-refractivity contribution is 5.79. The summed E-state index contributed by atoms with van der Waals surface area (Å²) in [6.45, 7) is 2.04. The Balaban J connectivity index is 2.31. The molecule has 3 heteroatoms. The second kappa shape index (κ2) is 4.11. The topological polar surface area (TPSA) is 34.4 Å². The van der Waals surface area contributed by atoms with Gasteiger partial charge in [0.05, 0.1) is 5.69 Å². The third-order valence-electron chi connectivity index (χ3n) is 3.10. The fourth-order valence-corrected chi connectivity index (χ4v) is 2.16. The summed E-state index contributed by atoms with van der Waals surface area (Å²) in [5.41, 5.74) is 4.84. The highest BCUT2D eigenvalue weighted by atomic mass is 16.1. The van der Waals surface area contributed by atoms with E-state index in [2.05, 4.69) is 4.98 Å². The van der Waals surface area contributed by atoms with Gasteiger partial charge in [0, 0.05) is 23.5 Å². The first-order valence-electron chi connectivity index (χ1n) is 5.78. The van der Waals surface area contributed by atoms with Crippen LogP contribution in [0.2, 0.25) is 0 Å². The van der Waals surface area contributed by atoms with Crippen LogP contribution < -0.4 is 0 Å². The molecule has 0 bridgehead atoms. The third-order valence-corrected chi connectivity index (χ3v) is 3.10. The van der Waals surface area contributed by atoms with E-state index < -0.39 is 0 Å². The van der Waals surface area contributed by atoms with Gasteiger partial charge in [0.2, 0.25) is 0 Å². The number of hydrogen-bond acceptors (Lipinski definition) is 2. The van der Waals surface area contributed by atoms with E-state index in [0.717, 1.165) is 28.8 Å². The first kappa shape index (κ1) is 10.7. The number of pyridine rings is 1. The molecule has 0 spiro atoms. The first-order valence-corrected chi connectivity index (χ1v) is 5.78. The average Bonchev–Trinajstić information content (AvgIpc) is 2.87. The van der Waals surface area contributed by atoms with Gasteiger partial charge in [-0.2, -0.15) is 0 Å². The number of imidazole rings is 1. The molecule has 0 atom stereocenters. The van der Waals surface area contributed by atoms with E-state index in [4.69, 9.17) is 0 Å². The lowest BCUT2D eigenvalue weighted by Crippen LogP contribution is -1.94. The van der Waals surface area contributed by atoms with Crippen molar-refractivity contribution in [3.63, 3.8) is 0 Å². The summed E-state index contributed by atoms with van der Waals surface area (Å²) < 4.78 is 2.02. The molecule has 0 saturated carbocycles. The highest BCUT2D eigenvalue weighted by Gasteiger charge is 2.07. The van der Waals surface area contributed by atoms with Crippen LogP contribution >= 0.6 is 0 Å². The van der Waals surface area contributed by atoms with Crippen LogP contribution in [-0.2, 0) is 0 Å². The van der Waals surface area contributed by atoms with Gasteiger partial charge in [-0.1, -0.05) is 18.2 Å². The van der Waals surface area contributed by atoms with Crippen molar-refractivity contribution in [1.29, 1.82) is 0 Å². The third kappa shape index (κ3) is 1.61. The van der Waals surface area contributed by atoms with Gasteiger partial charge in [-0.3, -0.25) is 9.20 Å². The number of carbonyl (C=O) groups excluding carboxylic acids is 1. The Morgan fingerprint density at radius 3 is 2.94 bits per heavy atom. The van der Waals surface area contributed by atoms with Crippen LogP contribution in [0.4, 0.5) is 0 Å². The summed E-state index contributed by atoms with van der Waals surface area (Å²) in [5, 5.41) is 0. The number of aldehydes is 1. The summed E-state index contributed by atoms with van der Waals surface area (Å²) in [6.07, 6.45) is 4.58. The van der Waals surface area contributed by atoms with Crippen molar-refractivity contribution in [3.8, 4) is 11.3 Å². The van der Waals surface area contributed by atoms with Gasteiger partial charge < -0.3 is 0 Å². The zero-order valence-electron chi connectivity index (χ0n) is 10.00. The number of fused-ring (bicyclic) bond motifs is 1. The minimum absolute atomic E-state index is 0.688. The SMILES string of the molecule is Cc1ccc(C=O)cc1-c1cccc2nccn12. The monoisotopic (exact) mass is 236 g/mol. The molecule has 0 aliphatic heterocycles. The zero-order valence-corrected chi connectivity index (χ0v) is 10.00. The van der Waals surface area contributed by atoms with Crippen LogP contribution in [0.1, 0.15) is 15.9 Å². The van der Waals surface area contributed by atoms with E-state index in [1.165, 1.54) is 0 Å². The predicted octanol–water partition coefficient (Wildman–Crippen LogP) is 3.12. The lowest BCUT2D eigenvalue weighted by Gasteiger charge is -2.09. The molecule has 0 radical (unpaired) electrons. The molecular formula is C15H12N2O. The Hall–Kier alpha value is -2.42. The number of nitrogens with zero attached hydrogens (tertiary/aromatic N) is 2. The van der Waals surface area contributed by atoms with E-state index in [1.807, 2.05) is 53.9 Å². The quantitative estimate of drug-likeness (QED) is 0.641. The number of benzene rings is 1. The molecule has 0 unspecified atom stereocenters. The summed E-state index contributed by atoms with van der Waals surface area (Å²) in [7, 11) is 0. The van der Waals surface area contributed by atoms with Crippen LogP contribution in [0.5, 0.6) is 0 Å². The zero-order chi connectivity index (χ0) is 12.5. The van der Waals surface area contributed by atoms with E-state index >= 15 is 0 Å². The molecule has 0 aliphatic rings. The number of aromatic nitrogens is 2. The maximum Gasteiger partial charge on any atom is 0.150 e. The summed E-state index contributed by atoms with van der Waals surface area (Å²) >= 11 is 0. The first-order chi connectivity index (χ1) is 8.79. The predicted molar refractivity (Wildman–Crippen MR) is 70.8 cm³/mol. The number of hydrogen-bond donors (Lipinski definition) is 0. The second-order valence-electron chi connectivity index (χ2n) is 4.26. The van der Waals surface area contributed by atoms with Crippen molar-refractivity contribution < 1.29 is 4.79 Å². The molecule has 1 aromatic carbocycles. The Morgan fingerprint density at radius 2 is 2.11 bits per heavy atom. The molecule has 0 aliphatic carbocycles. The largest absolute Gasteiger partial charge is 0.300 e. The Bertz CT molecular complexity index is 728. The van der Waals surface area contributed by atoms with Crippen molar-refractivity contribution in [2.75, 3.05) is 0 Å². The molecule has 3 aromatic rings. The van der Waals surface area contributed by atoms with Crippen molar-refractivity contribution in [3.05, 3.63) is 59.9 Å². The van der Waals surface area contributed by atoms with Crippen LogP contribution in [0.3, 0.4) is 0 Å². The second-order valence-corrected chi connectivity index (χ2v) is 4.26. The molecule has 88 valence electrons. The van der Waals surface area contributed by atoms with Gasteiger partial charge in [0.15, 0.2) is 0 Å². The van der Waals surface area contributed by atoms with E-state index in [-0.39, 0.29) is 0 Å². The van der Waals surface area contributed by atoms with Crippen molar-refractivity contribution in [2.24, 2.45) is 0 Å². The average molecular weight is 236 g/mol. The lowest BCUT2D eigenvalue weighted by molar-refractivity contribution is 0.112. The van der Waals surface area contributed by atoms with Crippen LogP contribution in [-0.4, -0.2) is 15.7 Å². The highest BCUT2D eigenvalue weighted by Crippen LogP contribution is 2.24. The summed E-state index contributed by atoms with van der Waals surface area (Å²) in [4.78, 5) is 15.2. The Morgan fingerprint density at radius 1 is 1.22 bits per heavy atom. The molecule has 3 nitrogen and oxygen atoms in total. The maximum absolute atomic E-state index is 10.9. The maximum atomic E-state index is 10.9. The molecule has 0 N–H and O–H groups in total. The van der Waals surface area contributed by atoms with Gasteiger partial charge in [-0.05, 0) is 30.7 Å². The van der Waals surface area contributed by atoms with Crippen molar-refractivity contribution in [1.82, 2.24) is 9.38 Å². The van der Waals surface area contributed by atoms with Gasteiger partial charge in [-0.25, -0.2) is 4.98 Å². The van der Waals surface area contributed by atoms with E-state index in [9.17, 15) is 4.79 Å². The van der Waals surface area contributed by atoms with Crippen LogP contribution in [0.25, 0.3) is 16.9 Å². The van der Waals surface area contributed by atoms with E-state index in [1.54, 1.807) is 6.20 Å². The lowest BCUT2D eigenvalue weighted by atomic mass is 10.0. The molecule has 3 rings (SSSR count). The normalized spacial score (nSPS) is 10.7. The standard InChI is InChI=1S/C15H12N2O/c1-11-5-6-12(10-18)9-13(11)14-3-2-4-15-16-7-8-17(14)15/h2-10H,1H3. The molecule has 0 saturated heterocycles. The van der Waals surface area contributed by atoms with Crippen LogP contribution in [0, 0.1) is 6.92 Å². The molecular weight excluding hydrogens is 224 g/mol. The molecule has 0 amide bonds. The smallest absolute Gasteiger partial charge is 0.150 e.